The van der Waals surface area contributed by atoms with Crippen molar-refractivity contribution in [3.05, 3.63) is 63.0 Å². The van der Waals surface area contributed by atoms with Gasteiger partial charge in [-0.3, -0.25) is 4.79 Å². The van der Waals surface area contributed by atoms with Gasteiger partial charge in [0, 0.05) is 10.0 Å². The summed E-state index contributed by atoms with van der Waals surface area (Å²) in [6.07, 6.45) is 1.72. The number of rotatable bonds is 4. The van der Waals surface area contributed by atoms with Crippen LogP contribution in [0.15, 0.2) is 52.4 Å². The number of carbonyl (C=O) groups excluding carboxylic acids is 1. The van der Waals surface area contributed by atoms with Gasteiger partial charge in [-0.15, -0.1) is 0 Å². The number of hydrogen-bond acceptors (Lipinski definition) is 4. The molecule has 128 valence electrons. The third-order valence-corrected chi connectivity index (χ3v) is 4.76. The van der Waals surface area contributed by atoms with Gasteiger partial charge in [0.05, 0.1) is 11.5 Å². The van der Waals surface area contributed by atoms with Crippen LogP contribution in [0.2, 0.25) is 10.0 Å². The van der Waals surface area contributed by atoms with E-state index in [2.05, 4.69) is 10.3 Å². The van der Waals surface area contributed by atoms with Gasteiger partial charge in [0.15, 0.2) is 5.17 Å². The van der Waals surface area contributed by atoms with E-state index in [9.17, 15) is 4.79 Å². The fraction of sp³-hybridized carbons (Fsp3) is 0.111. The molecule has 0 aliphatic carbocycles. The number of nitrogens with one attached hydrogen (secondary N) is 1. The van der Waals surface area contributed by atoms with E-state index in [0.717, 1.165) is 5.56 Å². The number of hydrogen-bond donors (Lipinski definition) is 1. The lowest BCUT2D eigenvalue weighted by Gasteiger charge is -2.06. The van der Waals surface area contributed by atoms with Crippen molar-refractivity contribution in [2.75, 3.05) is 6.61 Å². The van der Waals surface area contributed by atoms with Crippen LogP contribution in [0, 0.1) is 0 Å². The third kappa shape index (κ3) is 4.37. The number of aliphatic imine (C=N–C) groups is 1. The highest BCUT2D eigenvalue weighted by Crippen LogP contribution is 2.33. The van der Waals surface area contributed by atoms with Crippen LogP contribution in [-0.2, 0) is 4.79 Å². The van der Waals surface area contributed by atoms with Crippen molar-refractivity contribution in [1.29, 1.82) is 0 Å². The smallest absolute Gasteiger partial charge is 0.264 e. The summed E-state index contributed by atoms with van der Waals surface area (Å²) in [4.78, 5) is 17.2. The van der Waals surface area contributed by atoms with Crippen molar-refractivity contribution in [2.24, 2.45) is 4.99 Å². The number of para-hydroxylation sites is 2. The van der Waals surface area contributed by atoms with Crippen LogP contribution in [0.5, 0.6) is 5.75 Å². The minimum Gasteiger partial charge on any atom is -0.492 e. The van der Waals surface area contributed by atoms with E-state index < -0.39 is 0 Å². The summed E-state index contributed by atoms with van der Waals surface area (Å²) in [5.74, 6) is 0.453. The van der Waals surface area contributed by atoms with Gasteiger partial charge in [0.25, 0.3) is 5.91 Å². The van der Waals surface area contributed by atoms with Gasteiger partial charge < -0.3 is 10.1 Å². The summed E-state index contributed by atoms with van der Waals surface area (Å²) < 4.78 is 5.55. The Morgan fingerprint density at radius 1 is 1.24 bits per heavy atom. The Bertz CT molecular complexity index is 881. The summed E-state index contributed by atoms with van der Waals surface area (Å²) in [6, 6.07) is 12.6. The fourth-order valence-electron chi connectivity index (χ4n) is 2.18. The first-order valence-corrected chi connectivity index (χ1v) is 9.10. The quantitative estimate of drug-likeness (QED) is 0.719. The second-order valence-corrected chi connectivity index (χ2v) is 6.92. The zero-order valence-corrected chi connectivity index (χ0v) is 15.6. The molecule has 2 aromatic rings. The molecular formula is C18H14Cl2N2O2S. The van der Waals surface area contributed by atoms with Gasteiger partial charge in [-0.1, -0.05) is 41.4 Å². The average molecular weight is 393 g/mol. The number of amides is 1. The van der Waals surface area contributed by atoms with Crippen LogP contribution >= 0.6 is 35.0 Å². The van der Waals surface area contributed by atoms with E-state index in [1.807, 2.05) is 31.2 Å². The maximum Gasteiger partial charge on any atom is 0.264 e. The van der Waals surface area contributed by atoms with Crippen molar-refractivity contribution in [2.45, 2.75) is 6.92 Å². The molecule has 0 saturated carbocycles. The first-order valence-electron chi connectivity index (χ1n) is 7.53. The maximum absolute atomic E-state index is 12.2. The summed E-state index contributed by atoms with van der Waals surface area (Å²) >= 11 is 13.3. The lowest BCUT2D eigenvalue weighted by Crippen LogP contribution is -2.19. The Hall–Kier alpha value is -1.95. The van der Waals surface area contributed by atoms with Gasteiger partial charge in [-0.2, -0.15) is 0 Å². The Morgan fingerprint density at radius 3 is 2.80 bits per heavy atom. The van der Waals surface area contributed by atoms with Gasteiger partial charge in [0.2, 0.25) is 0 Å². The van der Waals surface area contributed by atoms with E-state index >= 15 is 0 Å². The number of ether oxygens (including phenoxy) is 1. The van der Waals surface area contributed by atoms with Gasteiger partial charge in [-0.25, -0.2) is 4.99 Å². The zero-order chi connectivity index (χ0) is 17.8. The molecule has 1 fully saturated rings. The Labute approximate surface area is 159 Å². The molecule has 1 N–H and O–H groups in total. The number of thioether (sulfide) groups is 1. The predicted molar refractivity (Wildman–Crippen MR) is 105 cm³/mol. The molecular weight excluding hydrogens is 379 g/mol. The second-order valence-electron chi connectivity index (χ2n) is 5.05. The lowest BCUT2D eigenvalue weighted by atomic mass is 10.2. The molecule has 1 heterocycles. The summed E-state index contributed by atoms with van der Waals surface area (Å²) in [7, 11) is 0. The van der Waals surface area contributed by atoms with Crippen molar-refractivity contribution in [1.82, 2.24) is 5.32 Å². The average Bonchev–Trinajstić information content (AvgIpc) is 2.92. The topological polar surface area (TPSA) is 50.7 Å². The Morgan fingerprint density at radius 2 is 2.04 bits per heavy atom. The first-order chi connectivity index (χ1) is 12.1. The molecule has 0 bridgehead atoms. The van der Waals surface area contributed by atoms with Crippen LogP contribution in [0.1, 0.15) is 12.5 Å². The molecule has 3 rings (SSSR count). The van der Waals surface area contributed by atoms with E-state index in [4.69, 9.17) is 27.9 Å². The van der Waals surface area contributed by atoms with Gasteiger partial charge >= 0.3 is 0 Å². The maximum atomic E-state index is 12.2. The number of benzene rings is 2. The minimum absolute atomic E-state index is 0.219. The molecule has 7 heteroatoms. The zero-order valence-electron chi connectivity index (χ0n) is 13.3. The van der Waals surface area contributed by atoms with Crippen LogP contribution in [0.3, 0.4) is 0 Å². The molecule has 1 aliphatic heterocycles. The Balaban J connectivity index is 1.86. The largest absolute Gasteiger partial charge is 0.492 e. The number of carbonyl (C=O) groups is 1. The van der Waals surface area contributed by atoms with E-state index in [1.165, 1.54) is 11.8 Å². The SMILES string of the molecule is CCOc1ccccc1N=C1NC(=O)/C(=C/c2ccc(Cl)cc2Cl)S1. The van der Waals surface area contributed by atoms with E-state index in [0.29, 0.717) is 38.2 Å². The van der Waals surface area contributed by atoms with Gasteiger partial charge in [-0.05, 0) is 54.6 Å². The number of halogens is 2. The van der Waals surface area contributed by atoms with Crippen molar-refractivity contribution in [3.8, 4) is 5.75 Å². The van der Waals surface area contributed by atoms with Crippen LogP contribution in [0.4, 0.5) is 5.69 Å². The molecule has 0 aromatic heterocycles. The van der Waals surface area contributed by atoms with Crippen molar-refractivity contribution in [3.63, 3.8) is 0 Å². The highest BCUT2D eigenvalue weighted by atomic mass is 35.5. The molecule has 1 aliphatic rings. The highest BCUT2D eigenvalue weighted by molar-refractivity contribution is 8.18. The van der Waals surface area contributed by atoms with E-state index in [-0.39, 0.29) is 5.91 Å². The molecule has 25 heavy (non-hydrogen) atoms. The molecule has 0 spiro atoms. The molecule has 2 aromatic carbocycles. The third-order valence-electron chi connectivity index (χ3n) is 3.29. The minimum atomic E-state index is -0.219. The first kappa shape index (κ1) is 17.9. The Kier molecular flexibility index (Phi) is 5.68. The highest BCUT2D eigenvalue weighted by Gasteiger charge is 2.24. The number of amidine groups is 1. The monoisotopic (exact) mass is 392 g/mol. The summed E-state index contributed by atoms with van der Waals surface area (Å²) in [5, 5.41) is 4.28. The molecule has 1 saturated heterocycles. The van der Waals surface area contributed by atoms with E-state index in [1.54, 1.807) is 24.3 Å². The molecule has 0 unspecified atom stereocenters. The van der Waals surface area contributed by atoms with Crippen LogP contribution in [0.25, 0.3) is 6.08 Å². The van der Waals surface area contributed by atoms with Crippen LogP contribution in [-0.4, -0.2) is 17.7 Å². The predicted octanol–water partition coefficient (Wildman–Crippen LogP) is 5.28. The summed E-state index contributed by atoms with van der Waals surface area (Å²) in [5.41, 5.74) is 1.39. The molecule has 0 atom stereocenters. The van der Waals surface area contributed by atoms with Gasteiger partial charge in [0.1, 0.15) is 11.4 Å². The lowest BCUT2D eigenvalue weighted by molar-refractivity contribution is -0.115. The number of nitrogens with zero attached hydrogens (tertiary/aromatic N) is 1. The summed E-state index contributed by atoms with van der Waals surface area (Å²) in [6.45, 7) is 2.45. The fourth-order valence-corrected chi connectivity index (χ4v) is 3.47. The van der Waals surface area contributed by atoms with Crippen LogP contribution < -0.4 is 10.1 Å². The second kappa shape index (κ2) is 7.95. The van der Waals surface area contributed by atoms with Crippen molar-refractivity contribution >= 4 is 57.8 Å². The normalized spacial score (nSPS) is 17.2. The molecule has 1 amide bonds. The molecule has 0 radical (unpaired) electrons. The standard InChI is InChI=1S/C18H14Cl2N2O2S/c1-2-24-15-6-4-3-5-14(15)21-18-22-17(23)16(25-18)9-11-7-8-12(19)10-13(11)20/h3-10H,2H2,1H3,(H,21,22,23)/b16-9-. The molecule has 4 nitrogen and oxygen atoms in total. The van der Waals surface area contributed by atoms with Crippen molar-refractivity contribution < 1.29 is 9.53 Å².